The van der Waals surface area contributed by atoms with Gasteiger partial charge in [0.15, 0.2) is 5.17 Å². The van der Waals surface area contributed by atoms with Crippen molar-refractivity contribution in [2.45, 2.75) is 33.2 Å². The van der Waals surface area contributed by atoms with E-state index in [1.807, 2.05) is 60.6 Å². The first-order chi connectivity index (χ1) is 17.4. The van der Waals surface area contributed by atoms with Crippen molar-refractivity contribution >= 4 is 34.5 Å². The second-order valence-corrected chi connectivity index (χ2v) is 9.46. The normalized spacial score (nSPS) is 16.9. The summed E-state index contributed by atoms with van der Waals surface area (Å²) in [4.78, 5) is 33.2. The zero-order chi connectivity index (χ0) is 25.7. The number of fused-ring (bicyclic) bond motifs is 1. The molecule has 4 rings (SSSR count). The molecular formula is C28H31N3O4S. The maximum atomic E-state index is 13.5. The minimum atomic E-state index is -0.486. The number of amidine groups is 1. The molecule has 36 heavy (non-hydrogen) atoms. The van der Waals surface area contributed by atoms with E-state index in [1.54, 1.807) is 14.0 Å². The Balaban J connectivity index is 1.84. The van der Waals surface area contributed by atoms with Crippen molar-refractivity contribution in [3.63, 3.8) is 0 Å². The first-order valence-electron chi connectivity index (χ1n) is 12.0. The molecule has 1 atom stereocenters. The molecule has 2 aliphatic heterocycles. The number of methoxy groups -OCH3 is 1. The number of aliphatic imine (C=N–C) groups is 1. The molecule has 0 saturated heterocycles. The van der Waals surface area contributed by atoms with Crippen LogP contribution in [0.15, 0.2) is 70.2 Å². The van der Waals surface area contributed by atoms with Crippen LogP contribution < -0.4 is 5.32 Å². The molecule has 0 spiro atoms. The number of ether oxygens (including phenoxy) is 2. The van der Waals surface area contributed by atoms with Crippen molar-refractivity contribution < 1.29 is 19.1 Å². The molecule has 0 aliphatic carbocycles. The molecule has 0 fully saturated rings. The quantitative estimate of drug-likeness (QED) is 0.392. The van der Waals surface area contributed by atoms with Gasteiger partial charge in [-0.15, -0.1) is 0 Å². The minimum absolute atomic E-state index is 0.116. The van der Waals surface area contributed by atoms with E-state index in [2.05, 4.69) is 17.4 Å². The van der Waals surface area contributed by atoms with E-state index < -0.39 is 12.0 Å². The van der Waals surface area contributed by atoms with Gasteiger partial charge in [0.1, 0.15) is 0 Å². The number of carbonyl (C=O) groups excluding carboxylic acids is 2. The highest BCUT2D eigenvalue weighted by molar-refractivity contribution is 8.16. The van der Waals surface area contributed by atoms with Gasteiger partial charge in [0, 0.05) is 24.9 Å². The molecule has 1 unspecified atom stereocenters. The Hall–Kier alpha value is -3.36. The highest BCUT2D eigenvalue weighted by atomic mass is 32.2. The van der Waals surface area contributed by atoms with Gasteiger partial charge in [-0.25, -0.2) is 9.79 Å². The number of rotatable bonds is 9. The Bertz CT molecular complexity index is 1240. The minimum Gasteiger partial charge on any atom is -0.463 e. The Kier molecular flexibility index (Phi) is 8.28. The highest BCUT2D eigenvalue weighted by Gasteiger charge is 2.42. The van der Waals surface area contributed by atoms with E-state index in [-0.39, 0.29) is 18.9 Å². The van der Waals surface area contributed by atoms with Crippen molar-refractivity contribution in [1.29, 1.82) is 0 Å². The molecule has 7 nitrogen and oxygen atoms in total. The van der Waals surface area contributed by atoms with E-state index in [9.17, 15) is 9.59 Å². The Labute approximate surface area is 216 Å². The third-order valence-corrected chi connectivity index (χ3v) is 6.93. The molecule has 8 heteroatoms. The largest absolute Gasteiger partial charge is 0.463 e. The number of hydrogen-bond acceptors (Lipinski definition) is 7. The van der Waals surface area contributed by atoms with Crippen LogP contribution >= 0.6 is 11.8 Å². The first kappa shape index (κ1) is 25.7. The van der Waals surface area contributed by atoms with Gasteiger partial charge in [0.25, 0.3) is 0 Å². The smallest absolute Gasteiger partial charge is 0.338 e. The van der Waals surface area contributed by atoms with E-state index in [0.717, 1.165) is 33.1 Å². The maximum absolute atomic E-state index is 13.5. The first-order valence-corrected chi connectivity index (χ1v) is 12.9. The number of amides is 1. The number of esters is 1. The molecule has 0 aromatic heterocycles. The number of hydrogen-bond donors (Lipinski definition) is 1. The van der Waals surface area contributed by atoms with Gasteiger partial charge in [0.2, 0.25) is 5.91 Å². The summed E-state index contributed by atoms with van der Waals surface area (Å²) in [6, 6.07) is 15.4. The van der Waals surface area contributed by atoms with Gasteiger partial charge in [-0.05, 0) is 37.3 Å². The molecule has 188 valence electrons. The Morgan fingerprint density at radius 3 is 2.61 bits per heavy atom. The van der Waals surface area contributed by atoms with Crippen LogP contribution in [-0.4, -0.2) is 48.8 Å². The van der Waals surface area contributed by atoms with Crippen LogP contribution in [0, 0.1) is 13.8 Å². The molecular weight excluding hydrogens is 474 g/mol. The standard InChI is InChI=1S/C28H31N3O4S/c1-5-35-27(33)24-25(20-9-7-6-8-10-20)30-28-31(26(24)22-12-11-18(2)15-19(22)3)21(17-36-28)16-23(32)29-13-14-34-4/h6-12,15,17,26H,5,13-14,16H2,1-4H3,(H,29,32). The second kappa shape index (κ2) is 11.6. The third-order valence-electron chi connectivity index (χ3n) is 6.04. The number of carbonyl (C=O) groups is 2. The van der Waals surface area contributed by atoms with Gasteiger partial charge in [-0.1, -0.05) is 65.9 Å². The molecule has 1 amide bonds. The number of aryl methyl sites for hydroxylation is 2. The fourth-order valence-corrected chi connectivity index (χ4v) is 5.35. The van der Waals surface area contributed by atoms with E-state index in [0.29, 0.717) is 24.4 Å². The SMILES string of the molecule is CCOC(=O)C1=C(c2ccccc2)N=C2SC=C(CC(=O)NCCOC)N2C1c1ccc(C)cc1C. The number of nitrogens with zero attached hydrogens (tertiary/aromatic N) is 2. The molecule has 2 aromatic rings. The summed E-state index contributed by atoms with van der Waals surface area (Å²) in [6.07, 6.45) is 0.161. The molecule has 0 bridgehead atoms. The lowest BCUT2D eigenvalue weighted by atomic mass is 9.88. The lowest BCUT2D eigenvalue weighted by Gasteiger charge is -2.37. The predicted octanol–water partition coefficient (Wildman–Crippen LogP) is 4.73. The van der Waals surface area contributed by atoms with Crippen molar-refractivity contribution in [2.75, 3.05) is 26.9 Å². The fraction of sp³-hybridized carbons (Fsp3) is 0.321. The van der Waals surface area contributed by atoms with Crippen molar-refractivity contribution in [1.82, 2.24) is 10.2 Å². The topological polar surface area (TPSA) is 80.2 Å². The van der Waals surface area contributed by atoms with Crippen molar-refractivity contribution in [3.05, 3.63) is 87.5 Å². The van der Waals surface area contributed by atoms with Crippen LogP contribution in [0.1, 0.15) is 41.6 Å². The summed E-state index contributed by atoms with van der Waals surface area (Å²) in [7, 11) is 1.60. The molecule has 1 N–H and O–H groups in total. The molecule has 2 heterocycles. The molecule has 0 saturated carbocycles. The maximum Gasteiger partial charge on any atom is 0.338 e. The molecule has 2 aliphatic rings. The van der Waals surface area contributed by atoms with Gasteiger partial charge in [-0.3, -0.25) is 4.79 Å². The fourth-order valence-electron chi connectivity index (χ4n) is 4.43. The van der Waals surface area contributed by atoms with Crippen LogP contribution in [0.2, 0.25) is 0 Å². The van der Waals surface area contributed by atoms with E-state index in [4.69, 9.17) is 14.5 Å². The Morgan fingerprint density at radius 1 is 1.14 bits per heavy atom. The number of thioether (sulfide) groups is 1. The van der Waals surface area contributed by atoms with Gasteiger partial charge >= 0.3 is 5.97 Å². The summed E-state index contributed by atoms with van der Waals surface area (Å²) >= 11 is 1.46. The predicted molar refractivity (Wildman–Crippen MR) is 143 cm³/mol. The van der Waals surface area contributed by atoms with Gasteiger partial charge in [0.05, 0.1) is 36.9 Å². The average Bonchev–Trinajstić information content (AvgIpc) is 3.26. The van der Waals surface area contributed by atoms with Crippen molar-refractivity contribution in [3.8, 4) is 0 Å². The van der Waals surface area contributed by atoms with Gasteiger partial charge in [-0.2, -0.15) is 0 Å². The van der Waals surface area contributed by atoms with E-state index >= 15 is 0 Å². The lowest BCUT2D eigenvalue weighted by molar-refractivity contribution is -0.139. The summed E-state index contributed by atoms with van der Waals surface area (Å²) in [6.45, 7) is 7.01. The van der Waals surface area contributed by atoms with Crippen LogP contribution in [0.5, 0.6) is 0 Å². The monoisotopic (exact) mass is 505 g/mol. The van der Waals surface area contributed by atoms with Crippen molar-refractivity contribution in [2.24, 2.45) is 4.99 Å². The zero-order valence-corrected chi connectivity index (χ0v) is 21.9. The molecule has 2 aromatic carbocycles. The lowest BCUT2D eigenvalue weighted by Crippen LogP contribution is -2.38. The third kappa shape index (κ3) is 5.39. The zero-order valence-electron chi connectivity index (χ0n) is 21.0. The summed E-state index contributed by atoms with van der Waals surface area (Å²) < 4.78 is 10.6. The Morgan fingerprint density at radius 2 is 1.92 bits per heavy atom. The van der Waals surface area contributed by atoms with Crippen LogP contribution in [0.25, 0.3) is 5.70 Å². The van der Waals surface area contributed by atoms with E-state index in [1.165, 1.54) is 11.8 Å². The number of nitrogens with one attached hydrogen (secondary N) is 1. The van der Waals surface area contributed by atoms with Gasteiger partial charge < -0.3 is 19.7 Å². The molecule has 0 radical (unpaired) electrons. The average molecular weight is 506 g/mol. The van der Waals surface area contributed by atoms with Crippen LogP contribution in [0.3, 0.4) is 0 Å². The van der Waals surface area contributed by atoms with Crippen LogP contribution in [-0.2, 0) is 19.1 Å². The highest BCUT2D eigenvalue weighted by Crippen LogP contribution is 2.47. The summed E-state index contributed by atoms with van der Waals surface area (Å²) in [5.41, 5.74) is 5.84. The van der Waals surface area contributed by atoms with Crippen LogP contribution in [0.4, 0.5) is 0 Å². The number of benzene rings is 2. The summed E-state index contributed by atoms with van der Waals surface area (Å²) in [5.74, 6) is -0.528. The summed E-state index contributed by atoms with van der Waals surface area (Å²) in [5, 5.41) is 5.56. The second-order valence-electron chi connectivity index (χ2n) is 8.62.